The SMILES string of the molecule is CC(NC1CCc2ccc(O)cc2C1)c1ccccc1. The van der Waals surface area contributed by atoms with Gasteiger partial charge in [0.05, 0.1) is 0 Å². The van der Waals surface area contributed by atoms with Gasteiger partial charge in [0.1, 0.15) is 5.75 Å². The molecule has 0 heterocycles. The zero-order valence-electron chi connectivity index (χ0n) is 11.8. The molecule has 0 bridgehead atoms. The summed E-state index contributed by atoms with van der Waals surface area (Å²) in [6.45, 7) is 2.22. The normalized spacial score (nSPS) is 19.4. The van der Waals surface area contributed by atoms with Gasteiger partial charge in [-0.15, -0.1) is 0 Å². The summed E-state index contributed by atoms with van der Waals surface area (Å²) in [5.74, 6) is 0.375. The molecule has 0 aliphatic heterocycles. The molecule has 2 heteroatoms. The molecule has 2 aromatic carbocycles. The molecule has 0 saturated carbocycles. The summed E-state index contributed by atoms with van der Waals surface area (Å²) in [5, 5.41) is 13.3. The second-order valence-electron chi connectivity index (χ2n) is 5.69. The first-order valence-electron chi connectivity index (χ1n) is 7.34. The van der Waals surface area contributed by atoms with E-state index in [-0.39, 0.29) is 0 Å². The minimum atomic E-state index is 0.361. The van der Waals surface area contributed by atoms with Crippen molar-refractivity contribution >= 4 is 0 Å². The highest BCUT2D eigenvalue weighted by molar-refractivity contribution is 5.37. The Kier molecular flexibility index (Phi) is 3.75. The largest absolute Gasteiger partial charge is 0.508 e. The topological polar surface area (TPSA) is 32.3 Å². The van der Waals surface area contributed by atoms with E-state index in [1.165, 1.54) is 16.7 Å². The number of phenols is 1. The Balaban J connectivity index is 1.68. The van der Waals surface area contributed by atoms with E-state index >= 15 is 0 Å². The molecule has 20 heavy (non-hydrogen) atoms. The van der Waals surface area contributed by atoms with Gasteiger partial charge in [-0.25, -0.2) is 0 Å². The van der Waals surface area contributed by atoms with Gasteiger partial charge in [0.15, 0.2) is 0 Å². The molecule has 1 aliphatic carbocycles. The van der Waals surface area contributed by atoms with E-state index in [1.54, 1.807) is 6.07 Å². The number of hydrogen-bond acceptors (Lipinski definition) is 2. The summed E-state index contributed by atoms with van der Waals surface area (Å²) in [6, 6.07) is 17.2. The molecule has 0 aromatic heterocycles. The van der Waals surface area contributed by atoms with Gasteiger partial charge in [-0.2, -0.15) is 0 Å². The smallest absolute Gasteiger partial charge is 0.115 e. The van der Waals surface area contributed by atoms with Crippen LogP contribution in [0.25, 0.3) is 0 Å². The molecular formula is C18H21NO. The average Bonchev–Trinajstić information content (AvgIpc) is 2.47. The molecule has 2 unspecified atom stereocenters. The van der Waals surface area contributed by atoms with Crippen molar-refractivity contribution in [2.24, 2.45) is 0 Å². The standard InChI is InChI=1S/C18H21NO/c1-13(14-5-3-2-4-6-14)19-17-9-7-15-8-10-18(20)12-16(15)11-17/h2-6,8,10,12-13,17,19-20H,7,9,11H2,1H3. The minimum absolute atomic E-state index is 0.361. The van der Waals surface area contributed by atoms with Crippen molar-refractivity contribution in [3.8, 4) is 5.75 Å². The Bertz CT molecular complexity index is 579. The van der Waals surface area contributed by atoms with Crippen LogP contribution in [-0.2, 0) is 12.8 Å². The second kappa shape index (κ2) is 5.68. The lowest BCUT2D eigenvalue weighted by Gasteiger charge is -2.28. The molecule has 0 amide bonds. The first-order valence-corrected chi connectivity index (χ1v) is 7.34. The molecule has 2 nitrogen and oxygen atoms in total. The second-order valence-corrected chi connectivity index (χ2v) is 5.69. The van der Waals surface area contributed by atoms with Gasteiger partial charge in [-0.3, -0.25) is 0 Å². The maximum Gasteiger partial charge on any atom is 0.115 e. The summed E-state index contributed by atoms with van der Waals surface area (Å²) in [6.07, 6.45) is 3.25. The molecule has 0 saturated heterocycles. The predicted octanol–water partition coefficient (Wildman–Crippen LogP) is 3.60. The molecule has 0 spiro atoms. The molecule has 2 aromatic rings. The summed E-state index contributed by atoms with van der Waals surface area (Å²) in [5.41, 5.74) is 4.00. The van der Waals surface area contributed by atoms with Crippen LogP contribution in [0.5, 0.6) is 5.75 Å². The van der Waals surface area contributed by atoms with Crippen LogP contribution in [0.1, 0.15) is 36.1 Å². The van der Waals surface area contributed by atoms with Crippen molar-refractivity contribution in [2.45, 2.75) is 38.3 Å². The molecule has 1 aliphatic rings. The van der Waals surface area contributed by atoms with Gasteiger partial charge in [-0.05, 0) is 55.0 Å². The Morgan fingerprint density at radius 3 is 2.70 bits per heavy atom. The van der Waals surface area contributed by atoms with Crippen LogP contribution < -0.4 is 5.32 Å². The van der Waals surface area contributed by atoms with Gasteiger partial charge in [0.25, 0.3) is 0 Å². The average molecular weight is 267 g/mol. The van der Waals surface area contributed by atoms with Crippen molar-refractivity contribution in [2.75, 3.05) is 0 Å². The Morgan fingerprint density at radius 1 is 1.10 bits per heavy atom. The molecule has 0 fully saturated rings. The number of hydrogen-bond donors (Lipinski definition) is 2. The lowest BCUT2D eigenvalue weighted by molar-refractivity contribution is 0.411. The van der Waals surface area contributed by atoms with Crippen molar-refractivity contribution in [3.05, 3.63) is 65.2 Å². The number of phenolic OH excluding ortho intramolecular Hbond substituents is 1. The molecule has 2 N–H and O–H groups in total. The quantitative estimate of drug-likeness (QED) is 0.890. The zero-order valence-corrected chi connectivity index (χ0v) is 11.8. The number of aromatic hydroxyl groups is 1. The highest BCUT2D eigenvalue weighted by atomic mass is 16.3. The van der Waals surface area contributed by atoms with Gasteiger partial charge in [0.2, 0.25) is 0 Å². The van der Waals surface area contributed by atoms with E-state index in [1.807, 2.05) is 6.07 Å². The van der Waals surface area contributed by atoms with Crippen LogP contribution in [0, 0.1) is 0 Å². The van der Waals surface area contributed by atoms with Gasteiger partial charge >= 0.3 is 0 Å². The van der Waals surface area contributed by atoms with E-state index in [2.05, 4.69) is 48.6 Å². The molecule has 3 rings (SSSR count). The fourth-order valence-corrected chi connectivity index (χ4v) is 3.08. The van der Waals surface area contributed by atoms with Crippen molar-refractivity contribution in [3.63, 3.8) is 0 Å². The zero-order chi connectivity index (χ0) is 13.9. The highest BCUT2D eigenvalue weighted by Crippen LogP contribution is 2.26. The van der Waals surface area contributed by atoms with Gasteiger partial charge in [0, 0.05) is 12.1 Å². The van der Waals surface area contributed by atoms with E-state index in [4.69, 9.17) is 0 Å². The van der Waals surface area contributed by atoms with Crippen LogP contribution in [0.15, 0.2) is 48.5 Å². The summed E-state index contributed by atoms with van der Waals surface area (Å²) < 4.78 is 0. The lowest BCUT2D eigenvalue weighted by Crippen LogP contribution is -2.36. The number of benzene rings is 2. The first-order chi connectivity index (χ1) is 9.72. The van der Waals surface area contributed by atoms with Crippen LogP contribution in [-0.4, -0.2) is 11.1 Å². The summed E-state index contributed by atoms with van der Waals surface area (Å²) in [4.78, 5) is 0. The third-order valence-corrected chi connectivity index (χ3v) is 4.20. The molecular weight excluding hydrogens is 246 g/mol. The minimum Gasteiger partial charge on any atom is -0.508 e. The fourth-order valence-electron chi connectivity index (χ4n) is 3.08. The highest BCUT2D eigenvalue weighted by Gasteiger charge is 2.20. The summed E-state index contributed by atoms with van der Waals surface area (Å²) >= 11 is 0. The molecule has 2 atom stereocenters. The van der Waals surface area contributed by atoms with Gasteiger partial charge in [-0.1, -0.05) is 36.4 Å². The van der Waals surface area contributed by atoms with Crippen molar-refractivity contribution in [1.82, 2.24) is 5.32 Å². The van der Waals surface area contributed by atoms with Crippen LogP contribution in [0.4, 0.5) is 0 Å². The number of fused-ring (bicyclic) bond motifs is 1. The first kappa shape index (κ1) is 13.2. The molecule has 0 radical (unpaired) electrons. The molecule has 104 valence electrons. The van der Waals surface area contributed by atoms with E-state index in [9.17, 15) is 5.11 Å². The lowest BCUT2D eigenvalue weighted by atomic mass is 9.87. The Hall–Kier alpha value is -1.80. The Labute approximate surface area is 120 Å². The predicted molar refractivity (Wildman–Crippen MR) is 81.9 cm³/mol. The van der Waals surface area contributed by atoms with E-state index in [0.717, 1.165) is 19.3 Å². The van der Waals surface area contributed by atoms with Crippen LogP contribution >= 0.6 is 0 Å². The maximum atomic E-state index is 9.61. The monoisotopic (exact) mass is 267 g/mol. The van der Waals surface area contributed by atoms with Crippen molar-refractivity contribution < 1.29 is 5.11 Å². The van der Waals surface area contributed by atoms with E-state index in [0.29, 0.717) is 17.8 Å². The van der Waals surface area contributed by atoms with Crippen LogP contribution in [0.3, 0.4) is 0 Å². The fraction of sp³-hybridized carbons (Fsp3) is 0.333. The number of aryl methyl sites for hydroxylation is 1. The van der Waals surface area contributed by atoms with Crippen molar-refractivity contribution in [1.29, 1.82) is 0 Å². The maximum absolute atomic E-state index is 9.61. The Morgan fingerprint density at radius 2 is 1.90 bits per heavy atom. The number of nitrogens with one attached hydrogen (secondary N) is 1. The number of rotatable bonds is 3. The third kappa shape index (κ3) is 2.86. The summed E-state index contributed by atoms with van der Waals surface area (Å²) in [7, 11) is 0. The van der Waals surface area contributed by atoms with Gasteiger partial charge < -0.3 is 10.4 Å². The van der Waals surface area contributed by atoms with E-state index < -0.39 is 0 Å². The van der Waals surface area contributed by atoms with Crippen LogP contribution in [0.2, 0.25) is 0 Å². The third-order valence-electron chi connectivity index (χ3n) is 4.20.